The van der Waals surface area contributed by atoms with Crippen molar-refractivity contribution in [2.45, 2.75) is 12.8 Å². The van der Waals surface area contributed by atoms with Crippen molar-refractivity contribution in [3.8, 4) is 0 Å². The maximum atomic E-state index is 11.5. The Labute approximate surface area is 81.4 Å². The van der Waals surface area contributed by atoms with Crippen LogP contribution in [0.25, 0.3) is 0 Å². The van der Waals surface area contributed by atoms with Gasteiger partial charge in [0.25, 0.3) is 0 Å². The lowest BCUT2D eigenvalue weighted by molar-refractivity contribution is -0.141. The molecule has 1 atom stereocenters. The number of benzene rings is 1. The molecule has 3 nitrogen and oxygen atoms in total. The quantitative estimate of drug-likeness (QED) is 0.730. The van der Waals surface area contributed by atoms with Gasteiger partial charge in [0.15, 0.2) is 5.78 Å². The van der Waals surface area contributed by atoms with Crippen LogP contribution in [-0.4, -0.2) is 16.9 Å². The summed E-state index contributed by atoms with van der Waals surface area (Å²) in [6.45, 7) is 0. The second kappa shape index (κ2) is 3.25. The molecule has 0 radical (unpaired) electrons. The fourth-order valence-corrected chi connectivity index (χ4v) is 1.82. The molecule has 2 rings (SSSR count). The van der Waals surface area contributed by atoms with Gasteiger partial charge in [0, 0.05) is 12.0 Å². The van der Waals surface area contributed by atoms with E-state index in [1.165, 1.54) is 0 Å². The number of carboxylic acids is 1. The van der Waals surface area contributed by atoms with Gasteiger partial charge in [-0.05, 0) is 12.0 Å². The zero-order valence-corrected chi connectivity index (χ0v) is 7.56. The van der Waals surface area contributed by atoms with Gasteiger partial charge in [0.2, 0.25) is 0 Å². The van der Waals surface area contributed by atoms with Gasteiger partial charge < -0.3 is 5.11 Å². The van der Waals surface area contributed by atoms with Gasteiger partial charge in [-0.2, -0.15) is 0 Å². The van der Waals surface area contributed by atoms with Crippen LogP contribution in [0.3, 0.4) is 0 Å². The number of rotatable bonds is 1. The average Bonchev–Trinajstić information content (AvgIpc) is 2.17. The van der Waals surface area contributed by atoms with Crippen LogP contribution < -0.4 is 0 Å². The van der Waals surface area contributed by atoms with Crippen LogP contribution in [0, 0.1) is 5.92 Å². The van der Waals surface area contributed by atoms with Crippen molar-refractivity contribution in [1.82, 2.24) is 0 Å². The molecule has 0 bridgehead atoms. The Hall–Kier alpha value is -1.64. The van der Waals surface area contributed by atoms with Crippen LogP contribution in [0.1, 0.15) is 22.3 Å². The van der Waals surface area contributed by atoms with Crippen LogP contribution in [0.5, 0.6) is 0 Å². The summed E-state index contributed by atoms with van der Waals surface area (Å²) < 4.78 is 0. The minimum atomic E-state index is -0.882. The normalized spacial score (nSPS) is 20.3. The molecule has 0 amide bonds. The summed E-state index contributed by atoms with van der Waals surface area (Å²) in [5, 5.41) is 8.83. The van der Waals surface area contributed by atoms with E-state index in [2.05, 4.69) is 0 Å². The first-order chi connectivity index (χ1) is 6.68. The van der Waals surface area contributed by atoms with Gasteiger partial charge in [-0.15, -0.1) is 0 Å². The second-order valence-electron chi connectivity index (χ2n) is 3.52. The van der Waals surface area contributed by atoms with Gasteiger partial charge in [-0.3, -0.25) is 9.59 Å². The number of Topliss-reactive ketones (excluding diaryl/α,β-unsaturated/α-hetero) is 1. The van der Waals surface area contributed by atoms with Crippen molar-refractivity contribution < 1.29 is 14.7 Å². The standard InChI is InChI=1S/C11H10O3/c12-10-6-8(11(13)14)5-7-3-1-2-4-9(7)10/h1-4,8H,5-6H2,(H,13,14)/t8-/m1/s1. The van der Waals surface area contributed by atoms with E-state index in [0.717, 1.165) is 5.56 Å². The Bertz CT molecular complexity index is 395. The Morgan fingerprint density at radius 2 is 2.00 bits per heavy atom. The van der Waals surface area contributed by atoms with Crippen LogP contribution in [0.15, 0.2) is 24.3 Å². The molecule has 0 aromatic heterocycles. The lowest BCUT2D eigenvalue weighted by atomic mass is 9.83. The molecule has 0 aliphatic heterocycles. The molecular weight excluding hydrogens is 180 g/mol. The largest absolute Gasteiger partial charge is 0.481 e. The van der Waals surface area contributed by atoms with Gasteiger partial charge in [0.1, 0.15) is 0 Å². The number of hydrogen-bond acceptors (Lipinski definition) is 2. The van der Waals surface area contributed by atoms with E-state index in [9.17, 15) is 9.59 Å². The number of fused-ring (bicyclic) bond motifs is 1. The molecule has 1 aliphatic carbocycles. The second-order valence-corrected chi connectivity index (χ2v) is 3.52. The van der Waals surface area contributed by atoms with E-state index in [1.54, 1.807) is 12.1 Å². The molecule has 1 aliphatic rings. The summed E-state index contributed by atoms with van der Waals surface area (Å²) in [6, 6.07) is 7.21. The molecule has 72 valence electrons. The van der Waals surface area contributed by atoms with E-state index >= 15 is 0 Å². The predicted molar refractivity (Wildman–Crippen MR) is 50.2 cm³/mol. The summed E-state index contributed by atoms with van der Waals surface area (Å²) in [7, 11) is 0. The first-order valence-electron chi connectivity index (χ1n) is 4.52. The van der Waals surface area contributed by atoms with E-state index in [1.807, 2.05) is 12.1 Å². The smallest absolute Gasteiger partial charge is 0.307 e. The molecule has 1 aromatic carbocycles. The van der Waals surface area contributed by atoms with Gasteiger partial charge in [-0.1, -0.05) is 24.3 Å². The molecule has 3 heteroatoms. The molecule has 0 saturated heterocycles. The highest BCUT2D eigenvalue weighted by molar-refractivity contribution is 6.00. The van der Waals surface area contributed by atoms with Crippen LogP contribution in [0.2, 0.25) is 0 Å². The molecule has 1 N–H and O–H groups in total. The minimum Gasteiger partial charge on any atom is -0.481 e. The van der Waals surface area contributed by atoms with E-state index in [4.69, 9.17) is 5.11 Å². The third-order valence-electron chi connectivity index (χ3n) is 2.57. The molecule has 0 unspecified atom stereocenters. The lowest BCUT2D eigenvalue weighted by Crippen LogP contribution is -2.26. The van der Waals surface area contributed by atoms with Gasteiger partial charge in [0.05, 0.1) is 5.92 Å². The van der Waals surface area contributed by atoms with Crippen LogP contribution >= 0.6 is 0 Å². The SMILES string of the molecule is O=C1C[C@H](C(=O)O)Cc2ccccc21. The minimum absolute atomic E-state index is 0.0562. The fourth-order valence-electron chi connectivity index (χ4n) is 1.82. The molecule has 14 heavy (non-hydrogen) atoms. The number of ketones is 1. The van der Waals surface area contributed by atoms with Crippen LogP contribution in [-0.2, 0) is 11.2 Å². The summed E-state index contributed by atoms with van der Waals surface area (Å²) in [4.78, 5) is 22.3. The number of carbonyl (C=O) groups is 2. The average molecular weight is 190 g/mol. The number of carbonyl (C=O) groups excluding carboxylic acids is 1. The summed E-state index contributed by atoms with van der Waals surface area (Å²) in [5.74, 6) is -1.48. The Morgan fingerprint density at radius 1 is 1.29 bits per heavy atom. The van der Waals surface area contributed by atoms with E-state index in [-0.39, 0.29) is 12.2 Å². The number of hydrogen-bond donors (Lipinski definition) is 1. The third-order valence-corrected chi connectivity index (χ3v) is 2.57. The fraction of sp³-hybridized carbons (Fsp3) is 0.273. The van der Waals surface area contributed by atoms with Crippen molar-refractivity contribution in [3.63, 3.8) is 0 Å². The Morgan fingerprint density at radius 3 is 2.71 bits per heavy atom. The monoisotopic (exact) mass is 190 g/mol. The molecule has 0 saturated carbocycles. The number of aliphatic carboxylic acids is 1. The van der Waals surface area contributed by atoms with E-state index < -0.39 is 11.9 Å². The highest BCUT2D eigenvalue weighted by Gasteiger charge is 2.28. The van der Waals surface area contributed by atoms with Crippen LogP contribution in [0.4, 0.5) is 0 Å². The van der Waals surface area contributed by atoms with Crippen molar-refractivity contribution in [1.29, 1.82) is 0 Å². The Kier molecular flexibility index (Phi) is 2.08. The highest BCUT2D eigenvalue weighted by Crippen LogP contribution is 2.25. The van der Waals surface area contributed by atoms with Crippen molar-refractivity contribution >= 4 is 11.8 Å². The lowest BCUT2D eigenvalue weighted by Gasteiger charge is -2.19. The van der Waals surface area contributed by atoms with Crippen molar-refractivity contribution in [2.75, 3.05) is 0 Å². The zero-order chi connectivity index (χ0) is 10.1. The maximum absolute atomic E-state index is 11.5. The summed E-state index contributed by atoms with van der Waals surface area (Å²) >= 11 is 0. The molecule has 0 spiro atoms. The summed E-state index contributed by atoms with van der Waals surface area (Å²) in [6.07, 6.45) is 0.601. The third kappa shape index (κ3) is 1.41. The maximum Gasteiger partial charge on any atom is 0.307 e. The topological polar surface area (TPSA) is 54.4 Å². The van der Waals surface area contributed by atoms with Crippen molar-refractivity contribution in [3.05, 3.63) is 35.4 Å². The summed E-state index contributed by atoms with van der Waals surface area (Å²) in [5.41, 5.74) is 1.54. The molecular formula is C11H10O3. The molecule has 1 aromatic rings. The molecule has 0 heterocycles. The molecule has 0 fully saturated rings. The zero-order valence-electron chi connectivity index (χ0n) is 7.56. The Balaban J connectivity index is 2.38. The van der Waals surface area contributed by atoms with Gasteiger partial charge >= 0.3 is 5.97 Å². The highest BCUT2D eigenvalue weighted by atomic mass is 16.4. The van der Waals surface area contributed by atoms with Gasteiger partial charge in [-0.25, -0.2) is 0 Å². The van der Waals surface area contributed by atoms with Crippen molar-refractivity contribution in [2.24, 2.45) is 5.92 Å². The predicted octanol–water partition coefficient (Wildman–Crippen LogP) is 1.52. The number of carboxylic acid groups (broad SMARTS) is 1. The first-order valence-corrected chi connectivity index (χ1v) is 4.52. The first kappa shape index (κ1) is 8.94. The van der Waals surface area contributed by atoms with E-state index in [0.29, 0.717) is 12.0 Å².